The van der Waals surface area contributed by atoms with Gasteiger partial charge in [-0.25, -0.2) is 9.48 Å². The maximum Gasteiger partial charge on any atom is 0.343 e. The van der Waals surface area contributed by atoms with Crippen molar-refractivity contribution in [3.8, 4) is 11.4 Å². The Bertz CT molecular complexity index is 1030. The fraction of sp³-hybridized carbons (Fsp3) is 0.190. The van der Waals surface area contributed by atoms with Crippen molar-refractivity contribution in [2.45, 2.75) is 20.5 Å². The Morgan fingerprint density at radius 3 is 2.50 bits per heavy atom. The van der Waals surface area contributed by atoms with Crippen LogP contribution < -0.4 is 4.74 Å². The first-order valence-electron chi connectivity index (χ1n) is 8.58. The highest BCUT2D eigenvalue weighted by molar-refractivity contribution is 6.33. The Morgan fingerprint density at radius 2 is 1.86 bits per heavy atom. The Hall–Kier alpha value is -3.12. The van der Waals surface area contributed by atoms with Crippen LogP contribution in [0.1, 0.15) is 38.9 Å². The van der Waals surface area contributed by atoms with Gasteiger partial charge < -0.3 is 9.47 Å². The molecule has 0 aliphatic carbocycles. The predicted molar refractivity (Wildman–Crippen MR) is 105 cm³/mol. The third-order valence-electron chi connectivity index (χ3n) is 4.25. The Morgan fingerprint density at radius 1 is 1.14 bits per heavy atom. The minimum atomic E-state index is -0.597. The first-order chi connectivity index (χ1) is 13.4. The molecule has 3 aromatic rings. The lowest BCUT2D eigenvalue weighted by Crippen LogP contribution is -2.08. The number of rotatable bonds is 6. The summed E-state index contributed by atoms with van der Waals surface area (Å²) in [6.45, 7) is 3.10. The third-order valence-corrected chi connectivity index (χ3v) is 4.60. The third kappa shape index (κ3) is 3.92. The number of hydrogen-bond donors (Lipinski definition) is 0. The van der Waals surface area contributed by atoms with Crippen molar-refractivity contribution in [2.24, 2.45) is 0 Å². The minimum absolute atomic E-state index is 0.0601. The summed E-state index contributed by atoms with van der Waals surface area (Å²) >= 11 is 6.40. The molecule has 28 heavy (non-hydrogen) atoms. The van der Waals surface area contributed by atoms with Crippen LogP contribution in [0.5, 0.6) is 5.75 Å². The number of nitrogens with zero attached hydrogens (tertiary/aromatic N) is 2. The van der Waals surface area contributed by atoms with E-state index in [1.807, 2.05) is 30.3 Å². The van der Waals surface area contributed by atoms with Crippen molar-refractivity contribution in [2.75, 3.05) is 7.11 Å². The Labute approximate surface area is 167 Å². The standard InChI is InChI=1S/C21H19ClN2O4/c1-13-19(20(22)24(23-13)17-7-5-4-6-8-17)21(26)28-12-16-11-15(14(2)25)9-10-18(16)27-3/h4-11H,12H2,1-3H3. The number of carbonyl (C=O) groups is 2. The van der Waals surface area contributed by atoms with Gasteiger partial charge in [0.15, 0.2) is 5.78 Å². The number of esters is 1. The van der Waals surface area contributed by atoms with Gasteiger partial charge in [0, 0.05) is 11.1 Å². The summed E-state index contributed by atoms with van der Waals surface area (Å²) in [5.74, 6) is -0.154. The molecule has 0 aliphatic rings. The number of benzene rings is 2. The first-order valence-corrected chi connectivity index (χ1v) is 8.95. The molecule has 2 aromatic carbocycles. The molecule has 6 nitrogen and oxygen atoms in total. The average molecular weight is 399 g/mol. The van der Waals surface area contributed by atoms with Crippen LogP contribution in [0, 0.1) is 6.92 Å². The molecule has 0 N–H and O–H groups in total. The smallest absolute Gasteiger partial charge is 0.343 e. The van der Waals surface area contributed by atoms with Gasteiger partial charge in [0.1, 0.15) is 23.1 Å². The minimum Gasteiger partial charge on any atom is -0.496 e. The van der Waals surface area contributed by atoms with Gasteiger partial charge in [-0.05, 0) is 44.2 Å². The lowest BCUT2D eigenvalue weighted by molar-refractivity contribution is 0.0469. The molecule has 1 heterocycles. The maximum absolute atomic E-state index is 12.7. The van der Waals surface area contributed by atoms with Gasteiger partial charge in [-0.2, -0.15) is 5.10 Å². The second-order valence-corrected chi connectivity index (χ2v) is 6.52. The fourth-order valence-electron chi connectivity index (χ4n) is 2.80. The highest BCUT2D eigenvalue weighted by atomic mass is 35.5. The number of methoxy groups -OCH3 is 1. The van der Waals surface area contributed by atoms with E-state index in [1.165, 1.54) is 18.7 Å². The first kappa shape index (κ1) is 19.6. The molecule has 0 atom stereocenters. The number of hydrogen-bond acceptors (Lipinski definition) is 5. The summed E-state index contributed by atoms with van der Waals surface area (Å²) < 4.78 is 12.2. The zero-order valence-corrected chi connectivity index (χ0v) is 16.5. The van der Waals surface area contributed by atoms with Crippen molar-refractivity contribution < 1.29 is 19.1 Å². The highest BCUT2D eigenvalue weighted by Crippen LogP contribution is 2.26. The van der Waals surface area contributed by atoms with Gasteiger partial charge in [-0.3, -0.25) is 4.79 Å². The summed E-state index contributed by atoms with van der Waals surface area (Å²) in [5, 5.41) is 4.52. The van der Waals surface area contributed by atoms with E-state index >= 15 is 0 Å². The number of aromatic nitrogens is 2. The molecule has 0 bridgehead atoms. The van der Waals surface area contributed by atoms with Crippen LogP contribution in [-0.4, -0.2) is 28.6 Å². The van der Waals surface area contributed by atoms with Crippen molar-refractivity contribution in [3.05, 3.63) is 76.1 Å². The lowest BCUT2D eigenvalue weighted by Gasteiger charge is -2.11. The fourth-order valence-corrected chi connectivity index (χ4v) is 3.15. The van der Waals surface area contributed by atoms with E-state index in [-0.39, 0.29) is 23.1 Å². The zero-order chi connectivity index (χ0) is 20.3. The molecule has 0 saturated carbocycles. The topological polar surface area (TPSA) is 70.4 Å². The summed E-state index contributed by atoms with van der Waals surface area (Å²) in [5.41, 5.74) is 2.51. The number of Topliss-reactive ketones (excluding diaryl/α,β-unsaturated/α-hetero) is 1. The van der Waals surface area contributed by atoms with Crippen LogP contribution in [0.3, 0.4) is 0 Å². The number of halogens is 1. The number of carbonyl (C=O) groups excluding carboxylic acids is 2. The van der Waals surface area contributed by atoms with E-state index < -0.39 is 5.97 Å². The Balaban J connectivity index is 1.84. The van der Waals surface area contributed by atoms with E-state index in [0.29, 0.717) is 22.6 Å². The number of para-hydroxylation sites is 1. The maximum atomic E-state index is 12.7. The van der Waals surface area contributed by atoms with Crippen LogP contribution in [0.4, 0.5) is 0 Å². The van der Waals surface area contributed by atoms with Gasteiger partial charge >= 0.3 is 5.97 Å². The van der Waals surface area contributed by atoms with Crippen molar-refractivity contribution in [1.29, 1.82) is 0 Å². The number of aryl methyl sites for hydroxylation is 1. The normalized spacial score (nSPS) is 10.6. The van der Waals surface area contributed by atoms with Gasteiger partial charge in [0.05, 0.1) is 18.5 Å². The SMILES string of the molecule is COc1ccc(C(C)=O)cc1COC(=O)c1c(C)nn(-c2ccccc2)c1Cl. The zero-order valence-electron chi connectivity index (χ0n) is 15.7. The van der Waals surface area contributed by atoms with E-state index in [0.717, 1.165) is 5.69 Å². The van der Waals surface area contributed by atoms with E-state index in [9.17, 15) is 9.59 Å². The largest absolute Gasteiger partial charge is 0.496 e. The molecule has 144 valence electrons. The highest BCUT2D eigenvalue weighted by Gasteiger charge is 2.23. The summed E-state index contributed by atoms with van der Waals surface area (Å²) in [6, 6.07) is 14.3. The van der Waals surface area contributed by atoms with Crippen LogP contribution in [0.15, 0.2) is 48.5 Å². The molecule has 0 unspecified atom stereocenters. The molecule has 0 aliphatic heterocycles. The van der Waals surface area contributed by atoms with Crippen molar-refractivity contribution >= 4 is 23.4 Å². The molecule has 3 rings (SSSR count). The summed E-state index contributed by atoms with van der Waals surface area (Å²) in [4.78, 5) is 24.3. The van der Waals surface area contributed by atoms with Gasteiger partial charge in [0.25, 0.3) is 0 Å². The molecule has 0 amide bonds. The van der Waals surface area contributed by atoms with Crippen LogP contribution >= 0.6 is 11.6 Å². The molecule has 0 saturated heterocycles. The monoisotopic (exact) mass is 398 g/mol. The van der Waals surface area contributed by atoms with Gasteiger partial charge in [-0.15, -0.1) is 0 Å². The van der Waals surface area contributed by atoms with E-state index in [1.54, 1.807) is 25.1 Å². The van der Waals surface area contributed by atoms with Gasteiger partial charge in [-0.1, -0.05) is 29.8 Å². The quantitative estimate of drug-likeness (QED) is 0.454. The van der Waals surface area contributed by atoms with Crippen molar-refractivity contribution in [1.82, 2.24) is 9.78 Å². The van der Waals surface area contributed by atoms with E-state index in [2.05, 4.69) is 5.10 Å². The molecule has 0 fully saturated rings. The summed E-state index contributed by atoms with van der Waals surface area (Å²) in [7, 11) is 1.51. The summed E-state index contributed by atoms with van der Waals surface area (Å²) in [6.07, 6.45) is 0. The average Bonchev–Trinajstić information content (AvgIpc) is 3.00. The van der Waals surface area contributed by atoms with Crippen molar-refractivity contribution in [3.63, 3.8) is 0 Å². The van der Waals surface area contributed by atoms with Crippen LogP contribution in [0.25, 0.3) is 5.69 Å². The molecule has 0 spiro atoms. The van der Waals surface area contributed by atoms with Crippen LogP contribution in [0.2, 0.25) is 5.15 Å². The molecular formula is C21H19ClN2O4. The molecule has 1 aromatic heterocycles. The second-order valence-electron chi connectivity index (χ2n) is 6.16. The van der Waals surface area contributed by atoms with Crippen LogP contribution in [-0.2, 0) is 11.3 Å². The molecular weight excluding hydrogens is 380 g/mol. The molecule has 0 radical (unpaired) electrons. The number of ether oxygens (including phenoxy) is 2. The molecule has 7 heteroatoms. The Kier molecular flexibility index (Phi) is 5.80. The van der Waals surface area contributed by atoms with E-state index in [4.69, 9.17) is 21.1 Å². The second kappa shape index (κ2) is 8.27. The predicted octanol–water partition coefficient (Wildman–Crippen LogP) is 4.40. The number of ketones is 1. The lowest BCUT2D eigenvalue weighted by atomic mass is 10.1. The van der Waals surface area contributed by atoms with Gasteiger partial charge in [0.2, 0.25) is 0 Å².